The first-order valence-electron chi connectivity index (χ1n) is 9.51. The normalized spacial score (nSPS) is 15.4. The van der Waals surface area contributed by atoms with Crippen molar-refractivity contribution in [2.24, 2.45) is 0 Å². The molecule has 158 valence electrons. The molecule has 0 saturated carbocycles. The topological polar surface area (TPSA) is 86.9 Å². The van der Waals surface area contributed by atoms with Gasteiger partial charge in [-0.1, -0.05) is 16.8 Å². The third kappa shape index (κ3) is 5.83. The van der Waals surface area contributed by atoms with E-state index < -0.39 is 5.60 Å². The number of carbonyl (C=O) groups is 1. The minimum Gasteiger partial charge on any atom is -0.497 e. The van der Waals surface area contributed by atoms with E-state index in [2.05, 4.69) is 10.1 Å². The van der Waals surface area contributed by atoms with E-state index in [0.717, 1.165) is 12.8 Å². The molecule has 29 heavy (non-hydrogen) atoms. The van der Waals surface area contributed by atoms with Crippen molar-refractivity contribution in [2.75, 3.05) is 20.2 Å². The lowest BCUT2D eigenvalue weighted by molar-refractivity contribution is -0.0190. The fourth-order valence-corrected chi connectivity index (χ4v) is 3.19. The molecule has 2 heterocycles. The van der Waals surface area contributed by atoms with E-state index in [1.807, 2.05) is 20.8 Å². The SMILES string of the molecule is COc1ccc(-c2nc(COC3CCN(C(=O)OC(C)(C)C)CC3)no2)c(Cl)c1. The van der Waals surface area contributed by atoms with Gasteiger partial charge in [-0.25, -0.2) is 4.79 Å². The van der Waals surface area contributed by atoms with Crippen LogP contribution in [0.1, 0.15) is 39.4 Å². The quantitative estimate of drug-likeness (QED) is 0.707. The molecule has 9 heteroatoms. The van der Waals surface area contributed by atoms with Crippen LogP contribution in [-0.4, -0.2) is 53.0 Å². The summed E-state index contributed by atoms with van der Waals surface area (Å²) in [6.07, 6.45) is 1.21. The number of likely N-dealkylation sites (tertiary alicyclic amines) is 1. The maximum atomic E-state index is 12.1. The molecular formula is C20H26ClN3O5. The smallest absolute Gasteiger partial charge is 0.410 e. The molecule has 8 nitrogen and oxygen atoms in total. The van der Waals surface area contributed by atoms with Crippen molar-refractivity contribution in [3.8, 4) is 17.2 Å². The number of amides is 1. The second-order valence-corrected chi connectivity index (χ2v) is 8.25. The first-order valence-corrected chi connectivity index (χ1v) is 9.89. The number of carbonyl (C=O) groups excluding carboxylic acids is 1. The van der Waals surface area contributed by atoms with E-state index in [1.165, 1.54) is 0 Å². The van der Waals surface area contributed by atoms with Gasteiger partial charge in [-0.2, -0.15) is 4.98 Å². The summed E-state index contributed by atoms with van der Waals surface area (Å²) in [6, 6.07) is 5.24. The van der Waals surface area contributed by atoms with Crippen molar-refractivity contribution in [1.82, 2.24) is 15.0 Å². The maximum absolute atomic E-state index is 12.1. The molecule has 1 fully saturated rings. The molecule has 0 unspecified atom stereocenters. The molecule has 0 atom stereocenters. The molecule has 1 saturated heterocycles. The highest BCUT2D eigenvalue weighted by Crippen LogP contribution is 2.30. The standard InChI is InChI=1S/C20H26ClN3O5/c1-20(2,3)28-19(25)24-9-7-13(8-10-24)27-12-17-22-18(29-23-17)15-6-5-14(26-4)11-16(15)21/h5-6,11,13H,7-10,12H2,1-4H3. The highest BCUT2D eigenvalue weighted by molar-refractivity contribution is 6.33. The Morgan fingerprint density at radius 2 is 2.03 bits per heavy atom. The Kier molecular flexibility index (Phi) is 6.64. The Morgan fingerprint density at radius 3 is 2.66 bits per heavy atom. The largest absolute Gasteiger partial charge is 0.497 e. The number of hydrogen-bond donors (Lipinski definition) is 0. The number of rotatable bonds is 5. The van der Waals surface area contributed by atoms with Crippen LogP contribution in [0.5, 0.6) is 5.75 Å². The molecule has 1 aromatic carbocycles. The molecular weight excluding hydrogens is 398 g/mol. The zero-order valence-electron chi connectivity index (χ0n) is 17.1. The Hall–Kier alpha value is -2.32. The highest BCUT2D eigenvalue weighted by atomic mass is 35.5. The van der Waals surface area contributed by atoms with Gasteiger partial charge in [0, 0.05) is 13.1 Å². The van der Waals surface area contributed by atoms with Gasteiger partial charge in [-0.15, -0.1) is 0 Å². The summed E-state index contributed by atoms with van der Waals surface area (Å²) >= 11 is 6.25. The van der Waals surface area contributed by atoms with Crippen molar-refractivity contribution in [3.05, 3.63) is 29.0 Å². The summed E-state index contributed by atoms with van der Waals surface area (Å²) in [6.45, 7) is 7.00. The molecule has 0 bridgehead atoms. The van der Waals surface area contributed by atoms with Gasteiger partial charge in [0.1, 0.15) is 18.0 Å². The second-order valence-electron chi connectivity index (χ2n) is 7.84. The number of aromatic nitrogens is 2. The number of methoxy groups -OCH3 is 1. The number of ether oxygens (including phenoxy) is 3. The monoisotopic (exact) mass is 423 g/mol. The van der Waals surface area contributed by atoms with Crippen LogP contribution in [0.4, 0.5) is 4.79 Å². The Balaban J connectivity index is 1.49. The van der Waals surface area contributed by atoms with Crippen LogP contribution < -0.4 is 4.74 Å². The first-order chi connectivity index (χ1) is 13.7. The lowest BCUT2D eigenvalue weighted by Gasteiger charge is -2.33. The maximum Gasteiger partial charge on any atom is 0.410 e. The highest BCUT2D eigenvalue weighted by Gasteiger charge is 2.27. The van der Waals surface area contributed by atoms with E-state index in [0.29, 0.717) is 41.1 Å². The minimum absolute atomic E-state index is 0.0280. The fraction of sp³-hybridized carbons (Fsp3) is 0.550. The Morgan fingerprint density at radius 1 is 1.31 bits per heavy atom. The van der Waals surface area contributed by atoms with Crippen molar-refractivity contribution in [3.63, 3.8) is 0 Å². The van der Waals surface area contributed by atoms with E-state index in [-0.39, 0.29) is 18.8 Å². The zero-order valence-corrected chi connectivity index (χ0v) is 17.9. The van der Waals surface area contributed by atoms with E-state index >= 15 is 0 Å². The molecule has 1 aliphatic rings. The number of benzene rings is 1. The van der Waals surface area contributed by atoms with Crippen LogP contribution >= 0.6 is 11.6 Å². The van der Waals surface area contributed by atoms with Gasteiger partial charge in [-0.05, 0) is 51.8 Å². The fourth-order valence-electron chi connectivity index (χ4n) is 2.94. The van der Waals surface area contributed by atoms with Gasteiger partial charge in [0.25, 0.3) is 5.89 Å². The van der Waals surface area contributed by atoms with Crippen molar-refractivity contribution >= 4 is 17.7 Å². The summed E-state index contributed by atoms with van der Waals surface area (Å²) in [5, 5.41) is 4.43. The van der Waals surface area contributed by atoms with E-state index in [1.54, 1.807) is 30.2 Å². The van der Waals surface area contributed by atoms with Crippen LogP contribution in [0.3, 0.4) is 0 Å². The summed E-state index contributed by atoms with van der Waals surface area (Å²) in [5.74, 6) is 1.43. The third-order valence-corrected chi connectivity index (χ3v) is 4.73. The molecule has 0 aliphatic carbocycles. The number of hydrogen-bond acceptors (Lipinski definition) is 7. The molecule has 0 spiro atoms. The molecule has 1 aliphatic heterocycles. The van der Waals surface area contributed by atoms with Gasteiger partial charge in [0.05, 0.1) is 23.8 Å². The average Bonchev–Trinajstić information content (AvgIpc) is 3.14. The molecule has 3 rings (SSSR count). The first kappa shape index (κ1) is 21.4. The molecule has 0 N–H and O–H groups in total. The lowest BCUT2D eigenvalue weighted by Crippen LogP contribution is -2.43. The molecule has 0 radical (unpaired) electrons. The predicted molar refractivity (Wildman–Crippen MR) is 107 cm³/mol. The summed E-state index contributed by atoms with van der Waals surface area (Å²) in [4.78, 5) is 18.2. The van der Waals surface area contributed by atoms with Crippen molar-refractivity contribution < 1.29 is 23.5 Å². The van der Waals surface area contributed by atoms with Crippen molar-refractivity contribution in [1.29, 1.82) is 0 Å². The van der Waals surface area contributed by atoms with Gasteiger partial charge in [0.15, 0.2) is 5.82 Å². The Bertz CT molecular complexity index is 841. The van der Waals surface area contributed by atoms with Gasteiger partial charge in [-0.3, -0.25) is 0 Å². The predicted octanol–water partition coefficient (Wildman–Crippen LogP) is 4.31. The zero-order chi connectivity index (χ0) is 21.0. The Labute approximate surface area is 175 Å². The summed E-state index contributed by atoms with van der Waals surface area (Å²) in [5.41, 5.74) is 0.143. The van der Waals surface area contributed by atoms with Crippen LogP contribution in [-0.2, 0) is 16.1 Å². The minimum atomic E-state index is -0.493. The van der Waals surface area contributed by atoms with Crippen LogP contribution in [0.25, 0.3) is 11.5 Å². The summed E-state index contributed by atoms with van der Waals surface area (Å²) < 4.78 is 21.7. The van der Waals surface area contributed by atoms with E-state index in [9.17, 15) is 4.79 Å². The van der Waals surface area contributed by atoms with E-state index in [4.69, 9.17) is 30.3 Å². The molecule has 2 aromatic rings. The van der Waals surface area contributed by atoms with Gasteiger partial charge < -0.3 is 23.6 Å². The van der Waals surface area contributed by atoms with Gasteiger partial charge in [0.2, 0.25) is 0 Å². The van der Waals surface area contributed by atoms with Crippen LogP contribution in [0, 0.1) is 0 Å². The second kappa shape index (κ2) is 9.00. The lowest BCUT2D eigenvalue weighted by atomic mass is 10.1. The summed E-state index contributed by atoms with van der Waals surface area (Å²) in [7, 11) is 1.57. The third-order valence-electron chi connectivity index (χ3n) is 4.42. The molecule has 1 aromatic heterocycles. The van der Waals surface area contributed by atoms with Crippen LogP contribution in [0.2, 0.25) is 5.02 Å². The van der Waals surface area contributed by atoms with Crippen molar-refractivity contribution in [2.45, 2.75) is 51.9 Å². The van der Waals surface area contributed by atoms with Gasteiger partial charge >= 0.3 is 6.09 Å². The number of halogens is 1. The van der Waals surface area contributed by atoms with Crippen LogP contribution in [0.15, 0.2) is 22.7 Å². The molecule has 1 amide bonds. The number of nitrogens with zero attached hydrogens (tertiary/aromatic N) is 3. The average molecular weight is 424 g/mol. The number of piperidine rings is 1.